The summed E-state index contributed by atoms with van der Waals surface area (Å²) in [4.78, 5) is 2.64. The van der Waals surface area contributed by atoms with E-state index in [2.05, 4.69) is 31.0 Å². The molecule has 0 spiro atoms. The van der Waals surface area contributed by atoms with E-state index in [9.17, 15) is 0 Å². The zero-order valence-corrected chi connectivity index (χ0v) is 11.5. The summed E-state index contributed by atoms with van der Waals surface area (Å²) in [6.45, 7) is 11.9. The van der Waals surface area contributed by atoms with Gasteiger partial charge in [0.15, 0.2) is 0 Å². The van der Waals surface area contributed by atoms with Crippen molar-refractivity contribution in [3.8, 4) is 0 Å². The van der Waals surface area contributed by atoms with Gasteiger partial charge in [0.05, 0.1) is 0 Å². The molecule has 0 radical (unpaired) electrons. The van der Waals surface area contributed by atoms with Crippen molar-refractivity contribution in [2.24, 2.45) is 0 Å². The van der Waals surface area contributed by atoms with E-state index in [1.165, 1.54) is 64.7 Å². The Labute approximate surface area is 102 Å². The molecular formula is C14H30N2. The zero-order chi connectivity index (χ0) is 11.9. The fraction of sp³-hybridized carbons (Fsp3) is 1.00. The molecular weight excluding hydrogens is 196 g/mol. The lowest BCUT2D eigenvalue weighted by atomic mass is 9.95. The van der Waals surface area contributed by atoms with Crippen LogP contribution in [-0.4, -0.2) is 36.6 Å². The van der Waals surface area contributed by atoms with Crippen molar-refractivity contribution >= 4 is 0 Å². The van der Waals surface area contributed by atoms with Gasteiger partial charge in [-0.15, -0.1) is 0 Å². The third kappa shape index (κ3) is 4.84. The van der Waals surface area contributed by atoms with Gasteiger partial charge in [-0.3, -0.25) is 0 Å². The van der Waals surface area contributed by atoms with Crippen LogP contribution in [0.5, 0.6) is 0 Å². The second-order valence-electron chi connectivity index (χ2n) is 5.53. The summed E-state index contributed by atoms with van der Waals surface area (Å²) in [6.07, 6.45) is 8.23. The lowest BCUT2D eigenvalue weighted by Gasteiger charge is -2.41. The van der Waals surface area contributed by atoms with Gasteiger partial charge >= 0.3 is 0 Å². The van der Waals surface area contributed by atoms with Crippen molar-refractivity contribution in [2.45, 2.75) is 64.8 Å². The highest BCUT2D eigenvalue weighted by molar-refractivity contribution is 4.89. The Morgan fingerprint density at radius 1 is 1.12 bits per heavy atom. The minimum atomic E-state index is 0.363. The van der Waals surface area contributed by atoms with Gasteiger partial charge in [-0.1, -0.05) is 39.5 Å². The van der Waals surface area contributed by atoms with Gasteiger partial charge in [-0.05, 0) is 26.3 Å². The molecule has 0 aromatic carbocycles. The van der Waals surface area contributed by atoms with Gasteiger partial charge in [0.2, 0.25) is 0 Å². The average molecular weight is 226 g/mol. The van der Waals surface area contributed by atoms with Crippen LogP contribution in [-0.2, 0) is 0 Å². The maximum atomic E-state index is 3.64. The van der Waals surface area contributed by atoms with Crippen molar-refractivity contribution in [2.75, 3.05) is 26.2 Å². The molecule has 0 saturated carbocycles. The Morgan fingerprint density at radius 3 is 2.56 bits per heavy atom. The summed E-state index contributed by atoms with van der Waals surface area (Å²) in [5.41, 5.74) is 0.363. The zero-order valence-electron chi connectivity index (χ0n) is 11.5. The normalized spacial score (nSPS) is 27.2. The number of nitrogens with one attached hydrogen (secondary N) is 1. The van der Waals surface area contributed by atoms with Gasteiger partial charge in [-0.25, -0.2) is 0 Å². The molecule has 0 bridgehead atoms. The molecule has 2 heteroatoms. The smallest absolute Gasteiger partial charge is 0.0278 e. The maximum Gasteiger partial charge on any atom is 0.0278 e. The Kier molecular flexibility index (Phi) is 6.37. The molecule has 0 aromatic heterocycles. The third-order valence-corrected chi connectivity index (χ3v) is 3.91. The van der Waals surface area contributed by atoms with Gasteiger partial charge in [0, 0.05) is 25.2 Å². The highest BCUT2D eigenvalue weighted by Gasteiger charge is 2.27. The quantitative estimate of drug-likeness (QED) is 0.671. The van der Waals surface area contributed by atoms with Gasteiger partial charge in [0.25, 0.3) is 0 Å². The topological polar surface area (TPSA) is 15.3 Å². The lowest BCUT2D eigenvalue weighted by molar-refractivity contribution is 0.138. The molecule has 2 nitrogen and oxygen atoms in total. The molecule has 1 saturated heterocycles. The monoisotopic (exact) mass is 226 g/mol. The van der Waals surface area contributed by atoms with E-state index in [1.807, 2.05) is 0 Å². The summed E-state index contributed by atoms with van der Waals surface area (Å²) in [5, 5.41) is 3.64. The first-order chi connectivity index (χ1) is 7.70. The average Bonchev–Trinajstić information content (AvgIpc) is 2.29. The predicted octanol–water partition coefficient (Wildman–Crippen LogP) is 3.03. The fourth-order valence-corrected chi connectivity index (χ4v) is 2.51. The first-order valence-corrected chi connectivity index (χ1v) is 7.17. The van der Waals surface area contributed by atoms with Crippen LogP contribution < -0.4 is 5.32 Å². The number of hydrogen-bond donors (Lipinski definition) is 1. The molecule has 1 rings (SSSR count). The molecule has 1 N–H and O–H groups in total. The molecule has 1 fully saturated rings. The fourth-order valence-electron chi connectivity index (χ4n) is 2.51. The van der Waals surface area contributed by atoms with Crippen LogP contribution in [0.25, 0.3) is 0 Å². The van der Waals surface area contributed by atoms with Gasteiger partial charge in [-0.2, -0.15) is 0 Å². The second-order valence-corrected chi connectivity index (χ2v) is 5.53. The summed E-state index contributed by atoms with van der Waals surface area (Å²) in [6, 6.07) is 0. The highest BCUT2D eigenvalue weighted by atomic mass is 15.2. The van der Waals surface area contributed by atoms with Crippen molar-refractivity contribution in [3.05, 3.63) is 0 Å². The number of unbranched alkanes of at least 4 members (excludes halogenated alkanes) is 4. The maximum absolute atomic E-state index is 3.64. The van der Waals surface area contributed by atoms with Crippen molar-refractivity contribution < 1.29 is 0 Å². The molecule has 1 unspecified atom stereocenters. The molecule has 1 aliphatic heterocycles. The van der Waals surface area contributed by atoms with Crippen LogP contribution in [0.2, 0.25) is 0 Å². The lowest BCUT2D eigenvalue weighted by Crippen LogP contribution is -2.58. The molecule has 0 amide bonds. The molecule has 1 heterocycles. The number of piperazine rings is 1. The summed E-state index contributed by atoms with van der Waals surface area (Å²) < 4.78 is 0. The number of nitrogens with zero attached hydrogens (tertiary/aromatic N) is 1. The second kappa shape index (κ2) is 7.29. The Bertz CT molecular complexity index is 182. The van der Waals surface area contributed by atoms with E-state index in [0.29, 0.717) is 5.54 Å². The van der Waals surface area contributed by atoms with Crippen molar-refractivity contribution in [1.82, 2.24) is 10.2 Å². The van der Waals surface area contributed by atoms with Crippen LogP contribution in [0, 0.1) is 0 Å². The minimum Gasteiger partial charge on any atom is -0.309 e. The molecule has 16 heavy (non-hydrogen) atoms. The minimum absolute atomic E-state index is 0.363. The summed E-state index contributed by atoms with van der Waals surface area (Å²) >= 11 is 0. The van der Waals surface area contributed by atoms with Crippen LogP contribution in [0.1, 0.15) is 59.3 Å². The predicted molar refractivity (Wildman–Crippen MR) is 71.9 cm³/mol. The van der Waals surface area contributed by atoms with Crippen LogP contribution in [0.3, 0.4) is 0 Å². The van der Waals surface area contributed by atoms with Crippen LogP contribution in [0.15, 0.2) is 0 Å². The van der Waals surface area contributed by atoms with E-state index in [0.717, 1.165) is 0 Å². The Balaban J connectivity index is 2.12. The number of rotatable bonds is 7. The summed E-state index contributed by atoms with van der Waals surface area (Å²) in [5.74, 6) is 0. The van der Waals surface area contributed by atoms with Gasteiger partial charge in [0.1, 0.15) is 0 Å². The standard InChI is InChI=1S/C14H30N2/c1-4-6-7-8-9-11-16-12-10-15-14(3,5-2)13-16/h15H,4-13H2,1-3H3. The van der Waals surface area contributed by atoms with Crippen molar-refractivity contribution in [1.29, 1.82) is 0 Å². The van der Waals surface area contributed by atoms with E-state index in [4.69, 9.17) is 0 Å². The van der Waals surface area contributed by atoms with Gasteiger partial charge < -0.3 is 10.2 Å². The van der Waals surface area contributed by atoms with Crippen LogP contribution in [0.4, 0.5) is 0 Å². The first kappa shape index (κ1) is 14.0. The summed E-state index contributed by atoms with van der Waals surface area (Å²) in [7, 11) is 0. The van der Waals surface area contributed by atoms with Crippen molar-refractivity contribution in [3.63, 3.8) is 0 Å². The van der Waals surface area contributed by atoms with E-state index in [-0.39, 0.29) is 0 Å². The van der Waals surface area contributed by atoms with Crippen LogP contribution >= 0.6 is 0 Å². The van der Waals surface area contributed by atoms with E-state index >= 15 is 0 Å². The molecule has 96 valence electrons. The molecule has 1 aliphatic rings. The molecule has 0 aliphatic carbocycles. The number of hydrogen-bond acceptors (Lipinski definition) is 2. The largest absolute Gasteiger partial charge is 0.309 e. The van der Waals surface area contributed by atoms with E-state index in [1.54, 1.807) is 0 Å². The molecule has 0 aromatic rings. The SMILES string of the molecule is CCCCCCCN1CCNC(C)(CC)C1. The Morgan fingerprint density at radius 2 is 1.88 bits per heavy atom. The highest BCUT2D eigenvalue weighted by Crippen LogP contribution is 2.15. The third-order valence-electron chi connectivity index (χ3n) is 3.91. The Hall–Kier alpha value is -0.0800. The molecule has 1 atom stereocenters. The first-order valence-electron chi connectivity index (χ1n) is 7.17. The van der Waals surface area contributed by atoms with E-state index < -0.39 is 0 Å².